The molecule has 0 aromatic heterocycles. The molecule has 0 saturated heterocycles. The van der Waals surface area contributed by atoms with Gasteiger partial charge in [0.05, 0.1) is 0 Å². The molecule has 4 heteroatoms. The van der Waals surface area contributed by atoms with E-state index in [0.717, 1.165) is 19.3 Å². The van der Waals surface area contributed by atoms with Crippen molar-refractivity contribution in [2.45, 2.75) is 45.6 Å². The van der Waals surface area contributed by atoms with Crippen molar-refractivity contribution in [1.82, 2.24) is 0 Å². The molecule has 1 aromatic carbocycles. The highest BCUT2D eigenvalue weighted by atomic mass is 19.3. The van der Waals surface area contributed by atoms with Gasteiger partial charge in [-0.05, 0) is 31.0 Å². The van der Waals surface area contributed by atoms with Crippen LogP contribution in [0.25, 0.3) is 0 Å². The summed E-state index contributed by atoms with van der Waals surface area (Å²) in [6.45, 7) is 4.13. The molecule has 0 radical (unpaired) electrons. The summed E-state index contributed by atoms with van der Waals surface area (Å²) in [6, 6.07) is 4.86. The molecule has 2 nitrogen and oxygen atoms in total. The first kappa shape index (κ1) is 13.7. The minimum atomic E-state index is -2.50. The molecule has 1 unspecified atom stereocenters. The third-order valence-electron chi connectivity index (χ3n) is 2.80. The fourth-order valence-corrected chi connectivity index (χ4v) is 1.84. The van der Waals surface area contributed by atoms with Gasteiger partial charge in [-0.15, -0.1) is 0 Å². The van der Waals surface area contributed by atoms with Crippen molar-refractivity contribution < 1.29 is 8.78 Å². The van der Waals surface area contributed by atoms with Gasteiger partial charge >= 0.3 is 0 Å². The van der Waals surface area contributed by atoms with E-state index in [1.807, 2.05) is 6.92 Å². The van der Waals surface area contributed by atoms with E-state index < -0.39 is 6.43 Å². The van der Waals surface area contributed by atoms with Crippen molar-refractivity contribution in [3.63, 3.8) is 0 Å². The Morgan fingerprint density at radius 1 is 1.29 bits per heavy atom. The van der Waals surface area contributed by atoms with Crippen molar-refractivity contribution in [2.24, 2.45) is 0 Å². The zero-order chi connectivity index (χ0) is 12.8. The van der Waals surface area contributed by atoms with Crippen LogP contribution >= 0.6 is 0 Å². The maximum atomic E-state index is 12.9. The molecule has 1 atom stereocenters. The predicted octanol–water partition coefficient (Wildman–Crippen LogP) is 4.20. The fourth-order valence-electron chi connectivity index (χ4n) is 1.84. The standard InChI is InChI=1S/C13H20F2N2/c1-3-5-10(4-2)17-12-7-6-9(16)8-11(12)13(14)15/h6-8,10,13,17H,3-5,16H2,1-2H3. The summed E-state index contributed by atoms with van der Waals surface area (Å²) in [5.41, 5.74) is 6.38. The number of hydrogen-bond donors (Lipinski definition) is 2. The molecule has 0 bridgehead atoms. The first-order valence-electron chi connectivity index (χ1n) is 6.02. The molecule has 0 aliphatic carbocycles. The van der Waals surface area contributed by atoms with Crippen LogP contribution in [0.3, 0.4) is 0 Å². The van der Waals surface area contributed by atoms with Crippen LogP contribution in [0, 0.1) is 0 Å². The van der Waals surface area contributed by atoms with Crippen LogP contribution in [0.5, 0.6) is 0 Å². The third kappa shape index (κ3) is 3.88. The van der Waals surface area contributed by atoms with Crippen LogP contribution in [0.4, 0.5) is 20.2 Å². The number of halogens is 2. The average molecular weight is 242 g/mol. The monoisotopic (exact) mass is 242 g/mol. The van der Waals surface area contributed by atoms with Crippen molar-refractivity contribution in [3.05, 3.63) is 23.8 Å². The topological polar surface area (TPSA) is 38.0 Å². The number of anilines is 2. The Morgan fingerprint density at radius 2 is 2.00 bits per heavy atom. The smallest absolute Gasteiger partial charge is 0.265 e. The highest BCUT2D eigenvalue weighted by Gasteiger charge is 2.15. The SMILES string of the molecule is CCCC(CC)Nc1ccc(N)cc1C(F)F. The second-order valence-corrected chi connectivity index (χ2v) is 4.19. The zero-order valence-electron chi connectivity index (χ0n) is 10.3. The molecule has 0 saturated carbocycles. The van der Waals surface area contributed by atoms with Crippen molar-refractivity contribution >= 4 is 11.4 Å². The molecule has 3 N–H and O–H groups in total. The van der Waals surface area contributed by atoms with Crippen molar-refractivity contribution in [2.75, 3.05) is 11.1 Å². The van der Waals surface area contributed by atoms with Gasteiger partial charge in [0.1, 0.15) is 0 Å². The lowest BCUT2D eigenvalue weighted by Crippen LogP contribution is -2.19. The number of nitrogens with two attached hydrogens (primary N) is 1. The van der Waals surface area contributed by atoms with E-state index in [2.05, 4.69) is 12.2 Å². The Morgan fingerprint density at radius 3 is 2.53 bits per heavy atom. The van der Waals surface area contributed by atoms with Gasteiger partial charge < -0.3 is 11.1 Å². The van der Waals surface area contributed by atoms with Gasteiger partial charge in [0.25, 0.3) is 6.43 Å². The summed E-state index contributed by atoms with van der Waals surface area (Å²) < 4.78 is 25.7. The highest BCUT2D eigenvalue weighted by Crippen LogP contribution is 2.30. The molecule has 0 fully saturated rings. The molecule has 0 aliphatic heterocycles. The maximum absolute atomic E-state index is 12.9. The van der Waals surface area contributed by atoms with Gasteiger partial charge in [0.2, 0.25) is 0 Å². The minimum Gasteiger partial charge on any atom is -0.399 e. The van der Waals surface area contributed by atoms with Gasteiger partial charge in [-0.2, -0.15) is 0 Å². The quantitative estimate of drug-likeness (QED) is 0.734. The van der Waals surface area contributed by atoms with Crippen LogP contribution in [0.1, 0.15) is 45.1 Å². The second-order valence-electron chi connectivity index (χ2n) is 4.19. The third-order valence-corrected chi connectivity index (χ3v) is 2.80. The van der Waals surface area contributed by atoms with Crippen LogP contribution < -0.4 is 11.1 Å². The minimum absolute atomic E-state index is 0.0143. The summed E-state index contributed by atoms with van der Waals surface area (Å²) >= 11 is 0. The van der Waals surface area contributed by atoms with Crippen molar-refractivity contribution in [3.8, 4) is 0 Å². The lowest BCUT2D eigenvalue weighted by Gasteiger charge is -2.20. The normalized spacial score (nSPS) is 12.8. The Balaban J connectivity index is 2.88. The molecular weight excluding hydrogens is 222 g/mol. The number of alkyl halides is 2. The summed E-state index contributed by atoms with van der Waals surface area (Å²) in [6.07, 6.45) is 0.426. The number of nitrogens with one attached hydrogen (secondary N) is 1. The van der Waals surface area contributed by atoms with Crippen LogP contribution in [-0.2, 0) is 0 Å². The van der Waals surface area contributed by atoms with E-state index >= 15 is 0 Å². The van der Waals surface area contributed by atoms with Crippen molar-refractivity contribution in [1.29, 1.82) is 0 Å². The summed E-state index contributed by atoms with van der Waals surface area (Å²) in [5, 5.41) is 3.17. The van der Waals surface area contributed by atoms with E-state index in [9.17, 15) is 8.78 Å². The largest absolute Gasteiger partial charge is 0.399 e. The number of hydrogen-bond acceptors (Lipinski definition) is 2. The summed E-state index contributed by atoms with van der Waals surface area (Å²) in [7, 11) is 0. The van der Waals surface area contributed by atoms with E-state index in [1.54, 1.807) is 12.1 Å². The first-order valence-corrected chi connectivity index (χ1v) is 6.02. The molecule has 1 aromatic rings. The Hall–Kier alpha value is -1.32. The van der Waals surface area contributed by atoms with Gasteiger partial charge in [0, 0.05) is 23.0 Å². The van der Waals surface area contributed by atoms with E-state index in [4.69, 9.17) is 5.73 Å². The second kappa shape index (κ2) is 6.42. The maximum Gasteiger partial charge on any atom is 0.265 e. The number of rotatable bonds is 6. The van der Waals surface area contributed by atoms with E-state index in [1.165, 1.54) is 6.07 Å². The molecule has 1 rings (SSSR count). The van der Waals surface area contributed by atoms with Gasteiger partial charge in [-0.1, -0.05) is 20.3 Å². The van der Waals surface area contributed by atoms with E-state index in [-0.39, 0.29) is 11.6 Å². The Bertz CT molecular complexity index is 353. The van der Waals surface area contributed by atoms with Gasteiger partial charge in [-0.3, -0.25) is 0 Å². The zero-order valence-corrected chi connectivity index (χ0v) is 10.3. The fraction of sp³-hybridized carbons (Fsp3) is 0.538. The summed E-state index contributed by atoms with van der Waals surface area (Å²) in [4.78, 5) is 0. The highest BCUT2D eigenvalue weighted by molar-refractivity contribution is 5.59. The molecule has 17 heavy (non-hydrogen) atoms. The molecular formula is C13H20F2N2. The van der Waals surface area contributed by atoms with Gasteiger partial charge in [0.15, 0.2) is 0 Å². The Kier molecular flexibility index (Phi) is 5.19. The molecule has 0 amide bonds. The molecule has 96 valence electrons. The number of nitrogen functional groups attached to an aromatic ring is 1. The van der Waals surface area contributed by atoms with E-state index in [0.29, 0.717) is 11.4 Å². The Labute approximate surface area is 101 Å². The molecule has 0 spiro atoms. The summed E-state index contributed by atoms with van der Waals surface area (Å²) in [5.74, 6) is 0. The number of benzene rings is 1. The van der Waals surface area contributed by atoms with Crippen LogP contribution in [-0.4, -0.2) is 6.04 Å². The van der Waals surface area contributed by atoms with Crippen LogP contribution in [0.2, 0.25) is 0 Å². The predicted molar refractivity (Wildman–Crippen MR) is 68.4 cm³/mol. The average Bonchev–Trinajstić information content (AvgIpc) is 2.30. The molecule has 0 heterocycles. The lowest BCUT2D eigenvalue weighted by atomic mass is 10.1. The van der Waals surface area contributed by atoms with Crippen LogP contribution in [0.15, 0.2) is 18.2 Å². The molecule has 0 aliphatic rings. The lowest BCUT2D eigenvalue weighted by molar-refractivity contribution is 0.152. The van der Waals surface area contributed by atoms with Gasteiger partial charge in [-0.25, -0.2) is 8.78 Å². The first-order chi connectivity index (χ1) is 8.08.